The lowest BCUT2D eigenvalue weighted by Gasteiger charge is -2.38. The van der Waals surface area contributed by atoms with E-state index in [-0.39, 0.29) is 12.5 Å². The van der Waals surface area contributed by atoms with Crippen molar-refractivity contribution in [3.8, 4) is 0 Å². The first-order valence-electron chi connectivity index (χ1n) is 6.54. The highest BCUT2D eigenvalue weighted by atomic mass is 16.3. The van der Waals surface area contributed by atoms with E-state index in [0.717, 1.165) is 31.4 Å². The van der Waals surface area contributed by atoms with Crippen LogP contribution in [-0.2, 0) is 0 Å². The van der Waals surface area contributed by atoms with Crippen LogP contribution in [0.1, 0.15) is 48.9 Å². The van der Waals surface area contributed by atoms with Gasteiger partial charge in [0, 0.05) is 0 Å². The highest BCUT2D eigenvalue weighted by molar-refractivity contribution is 5.92. The van der Waals surface area contributed by atoms with E-state index < -0.39 is 5.54 Å². The number of carbonyl (C=O) groups is 1. The van der Waals surface area contributed by atoms with Gasteiger partial charge in [0.2, 0.25) is 0 Å². The van der Waals surface area contributed by atoms with Crippen molar-refractivity contribution < 1.29 is 14.3 Å². The van der Waals surface area contributed by atoms with Gasteiger partial charge in [0.05, 0.1) is 12.1 Å². The second-order valence-electron chi connectivity index (χ2n) is 5.49. The van der Waals surface area contributed by atoms with Gasteiger partial charge in [-0.25, -0.2) is 0 Å². The van der Waals surface area contributed by atoms with Gasteiger partial charge in [-0.15, -0.1) is 0 Å². The second-order valence-corrected chi connectivity index (χ2v) is 5.49. The maximum Gasteiger partial charge on any atom is 0.287 e. The predicted molar refractivity (Wildman–Crippen MR) is 68.4 cm³/mol. The Morgan fingerprint density at radius 3 is 2.67 bits per heavy atom. The number of aliphatic hydroxyl groups is 1. The molecule has 4 heteroatoms. The van der Waals surface area contributed by atoms with Crippen LogP contribution in [0.15, 0.2) is 16.5 Å². The predicted octanol–water partition coefficient (Wildman–Crippen LogP) is 2.26. The van der Waals surface area contributed by atoms with Gasteiger partial charge in [-0.2, -0.15) is 0 Å². The van der Waals surface area contributed by atoms with Gasteiger partial charge in [0.15, 0.2) is 5.76 Å². The summed E-state index contributed by atoms with van der Waals surface area (Å²) in [6, 6.07) is 3.44. The molecule has 0 aromatic carbocycles. The first kappa shape index (κ1) is 13.1. The van der Waals surface area contributed by atoms with E-state index in [1.807, 2.05) is 0 Å². The largest absolute Gasteiger partial charge is 0.456 e. The molecule has 2 rings (SSSR count). The minimum Gasteiger partial charge on any atom is -0.456 e. The molecule has 1 saturated carbocycles. The first-order valence-corrected chi connectivity index (χ1v) is 6.54. The van der Waals surface area contributed by atoms with Gasteiger partial charge in [-0.05, 0) is 50.7 Å². The molecule has 1 amide bonds. The standard InChI is InChI=1S/C14H21NO3/c1-10-5-7-14(9-16,8-6-10)15-13(17)12-4-3-11(2)18-12/h3-4,10,16H,5-9H2,1-2H3,(H,15,17). The van der Waals surface area contributed by atoms with Gasteiger partial charge in [0.25, 0.3) is 5.91 Å². The number of nitrogens with one attached hydrogen (secondary N) is 1. The lowest BCUT2D eigenvalue weighted by Crippen LogP contribution is -2.53. The number of hydrogen-bond acceptors (Lipinski definition) is 3. The van der Waals surface area contributed by atoms with E-state index in [1.165, 1.54) is 0 Å². The third-order valence-electron chi connectivity index (χ3n) is 3.88. The summed E-state index contributed by atoms with van der Waals surface area (Å²) in [7, 11) is 0. The number of furan rings is 1. The third-order valence-corrected chi connectivity index (χ3v) is 3.88. The number of carbonyl (C=O) groups excluding carboxylic acids is 1. The quantitative estimate of drug-likeness (QED) is 0.866. The van der Waals surface area contributed by atoms with E-state index >= 15 is 0 Å². The molecule has 0 atom stereocenters. The van der Waals surface area contributed by atoms with Gasteiger partial charge in [-0.1, -0.05) is 6.92 Å². The van der Waals surface area contributed by atoms with Crippen LogP contribution < -0.4 is 5.32 Å². The molecular weight excluding hydrogens is 230 g/mol. The maximum absolute atomic E-state index is 12.1. The lowest BCUT2D eigenvalue weighted by atomic mass is 9.77. The van der Waals surface area contributed by atoms with Crippen molar-refractivity contribution in [3.63, 3.8) is 0 Å². The monoisotopic (exact) mass is 251 g/mol. The summed E-state index contributed by atoms with van der Waals surface area (Å²) < 4.78 is 5.30. The molecule has 0 radical (unpaired) electrons. The Kier molecular flexibility index (Phi) is 3.76. The molecule has 1 aromatic rings. The van der Waals surface area contributed by atoms with Crippen LogP contribution in [0.3, 0.4) is 0 Å². The van der Waals surface area contributed by atoms with Crippen molar-refractivity contribution in [2.24, 2.45) is 5.92 Å². The van der Waals surface area contributed by atoms with Crippen LogP contribution in [0.2, 0.25) is 0 Å². The van der Waals surface area contributed by atoms with Crippen LogP contribution >= 0.6 is 0 Å². The Hall–Kier alpha value is -1.29. The number of aryl methyl sites for hydroxylation is 1. The van der Waals surface area contributed by atoms with Gasteiger partial charge in [-0.3, -0.25) is 4.79 Å². The molecule has 1 heterocycles. The highest BCUT2D eigenvalue weighted by Gasteiger charge is 2.35. The van der Waals surface area contributed by atoms with Crippen molar-refractivity contribution in [1.29, 1.82) is 0 Å². The molecule has 100 valence electrons. The Labute approximate surface area is 107 Å². The van der Waals surface area contributed by atoms with Crippen LogP contribution in [0.5, 0.6) is 0 Å². The molecule has 18 heavy (non-hydrogen) atoms. The molecule has 1 aliphatic rings. The fraction of sp³-hybridized carbons (Fsp3) is 0.643. The van der Waals surface area contributed by atoms with Crippen molar-refractivity contribution in [2.45, 2.75) is 45.1 Å². The van der Waals surface area contributed by atoms with Gasteiger partial charge >= 0.3 is 0 Å². The summed E-state index contributed by atoms with van der Waals surface area (Å²) in [6.45, 7) is 4.00. The first-order chi connectivity index (χ1) is 8.54. The fourth-order valence-corrected chi connectivity index (χ4v) is 2.50. The topological polar surface area (TPSA) is 62.5 Å². The average molecular weight is 251 g/mol. The van der Waals surface area contributed by atoms with Crippen molar-refractivity contribution in [3.05, 3.63) is 23.7 Å². The molecule has 1 aliphatic carbocycles. The minimum atomic E-state index is -0.468. The molecule has 1 fully saturated rings. The third kappa shape index (κ3) is 2.75. The second kappa shape index (κ2) is 5.14. The number of amides is 1. The SMILES string of the molecule is Cc1ccc(C(=O)NC2(CO)CCC(C)CC2)o1. The molecule has 0 spiro atoms. The molecule has 0 unspecified atom stereocenters. The van der Waals surface area contributed by atoms with Crippen LogP contribution in [0.4, 0.5) is 0 Å². The van der Waals surface area contributed by atoms with Gasteiger partial charge < -0.3 is 14.8 Å². The lowest BCUT2D eigenvalue weighted by molar-refractivity contribution is 0.0692. The molecule has 2 N–H and O–H groups in total. The molecule has 0 aliphatic heterocycles. The summed E-state index contributed by atoms with van der Waals surface area (Å²) >= 11 is 0. The Balaban J connectivity index is 2.04. The smallest absolute Gasteiger partial charge is 0.287 e. The number of hydrogen-bond donors (Lipinski definition) is 2. The van der Waals surface area contributed by atoms with E-state index in [0.29, 0.717) is 11.7 Å². The highest BCUT2D eigenvalue weighted by Crippen LogP contribution is 2.31. The van der Waals surface area contributed by atoms with E-state index in [1.54, 1.807) is 19.1 Å². The molecule has 0 saturated heterocycles. The van der Waals surface area contributed by atoms with E-state index in [9.17, 15) is 9.90 Å². The van der Waals surface area contributed by atoms with Crippen molar-refractivity contribution in [1.82, 2.24) is 5.32 Å². The zero-order valence-electron chi connectivity index (χ0n) is 11.0. The Morgan fingerprint density at radius 1 is 1.50 bits per heavy atom. The van der Waals surface area contributed by atoms with Crippen LogP contribution in [0, 0.1) is 12.8 Å². The Morgan fingerprint density at radius 2 is 2.17 bits per heavy atom. The number of aliphatic hydroxyl groups excluding tert-OH is 1. The van der Waals surface area contributed by atoms with Crippen LogP contribution in [0.25, 0.3) is 0 Å². The average Bonchev–Trinajstić information content (AvgIpc) is 2.79. The summed E-state index contributed by atoms with van der Waals surface area (Å²) in [5, 5.41) is 12.5. The number of rotatable bonds is 3. The van der Waals surface area contributed by atoms with E-state index in [4.69, 9.17) is 4.42 Å². The summed E-state index contributed by atoms with van der Waals surface area (Å²) in [6.07, 6.45) is 3.74. The van der Waals surface area contributed by atoms with Crippen molar-refractivity contribution >= 4 is 5.91 Å². The van der Waals surface area contributed by atoms with Gasteiger partial charge in [0.1, 0.15) is 5.76 Å². The summed E-state index contributed by atoms with van der Waals surface area (Å²) in [5.41, 5.74) is -0.468. The zero-order valence-corrected chi connectivity index (χ0v) is 11.0. The molecule has 4 nitrogen and oxygen atoms in total. The minimum absolute atomic E-state index is 0.00878. The summed E-state index contributed by atoms with van der Waals surface area (Å²) in [5.74, 6) is 1.48. The fourth-order valence-electron chi connectivity index (χ4n) is 2.50. The van der Waals surface area contributed by atoms with Crippen LogP contribution in [-0.4, -0.2) is 23.2 Å². The molecule has 1 aromatic heterocycles. The summed E-state index contributed by atoms with van der Waals surface area (Å²) in [4.78, 5) is 12.1. The molecule has 0 bridgehead atoms. The van der Waals surface area contributed by atoms with Crippen molar-refractivity contribution in [2.75, 3.05) is 6.61 Å². The van der Waals surface area contributed by atoms with E-state index in [2.05, 4.69) is 12.2 Å². The normalized spacial score (nSPS) is 28.1. The zero-order chi connectivity index (χ0) is 13.2. The maximum atomic E-state index is 12.1. The molecular formula is C14H21NO3. The Bertz CT molecular complexity index is 416.